The lowest BCUT2D eigenvalue weighted by molar-refractivity contribution is 0.0938. The van der Waals surface area contributed by atoms with E-state index in [0.717, 1.165) is 25.0 Å². The van der Waals surface area contributed by atoms with Crippen LogP contribution in [-0.4, -0.2) is 25.3 Å². The summed E-state index contributed by atoms with van der Waals surface area (Å²) in [4.78, 5) is 0. The molecule has 0 saturated carbocycles. The van der Waals surface area contributed by atoms with E-state index in [4.69, 9.17) is 4.74 Å². The molecule has 1 aliphatic heterocycles. The Morgan fingerprint density at radius 2 is 2.06 bits per heavy atom. The minimum atomic E-state index is 0.448. The van der Waals surface area contributed by atoms with Crippen molar-refractivity contribution < 1.29 is 4.74 Å². The quantitative estimate of drug-likeness (QED) is 0.701. The van der Waals surface area contributed by atoms with Gasteiger partial charge in [-0.05, 0) is 38.6 Å². The predicted octanol–water partition coefficient (Wildman–Crippen LogP) is 3.61. The highest BCUT2D eigenvalue weighted by Gasteiger charge is 2.30. The molecule has 0 bridgehead atoms. The third-order valence-corrected chi connectivity index (χ3v) is 3.90. The Morgan fingerprint density at radius 3 is 2.59 bits per heavy atom. The fraction of sp³-hybridized carbons (Fsp3) is 1.00. The van der Waals surface area contributed by atoms with Crippen LogP contribution in [0.4, 0.5) is 0 Å². The molecule has 17 heavy (non-hydrogen) atoms. The minimum Gasteiger partial charge on any atom is -0.378 e. The average molecular weight is 241 g/mol. The van der Waals surface area contributed by atoms with Crippen LogP contribution in [0.3, 0.4) is 0 Å². The van der Waals surface area contributed by atoms with E-state index >= 15 is 0 Å². The van der Waals surface area contributed by atoms with Crippen LogP contribution in [0.15, 0.2) is 0 Å². The van der Waals surface area contributed by atoms with Crippen LogP contribution in [0.1, 0.15) is 59.8 Å². The highest BCUT2D eigenvalue weighted by Crippen LogP contribution is 2.27. The molecule has 0 radical (unpaired) electrons. The van der Waals surface area contributed by atoms with Gasteiger partial charge in [-0.15, -0.1) is 0 Å². The van der Waals surface area contributed by atoms with Crippen molar-refractivity contribution in [2.75, 3.05) is 13.2 Å². The first kappa shape index (κ1) is 15.0. The van der Waals surface area contributed by atoms with Gasteiger partial charge < -0.3 is 10.1 Å². The Hall–Kier alpha value is -0.0800. The molecule has 1 heterocycles. The molecule has 0 amide bonds. The molecular formula is C15H31NO. The van der Waals surface area contributed by atoms with Gasteiger partial charge in [0.25, 0.3) is 0 Å². The molecule has 3 unspecified atom stereocenters. The fourth-order valence-electron chi connectivity index (χ4n) is 2.82. The van der Waals surface area contributed by atoms with Crippen molar-refractivity contribution in [2.24, 2.45) is 11.8 Å². The monoisotopic (exact) mass is 241 g/mol. The predicted molar refractivity (Wildman–Crippen MR) is 74.3 cm³/mol. The van der Waals surface area contributed by atoms with Gasteiger partial charge in [0.2, 0.25) is 0 Å². The summed E-state index contributed by atoms with van der Waals surface area (Å²) in [5.74, 6) is 1.56. The molecule has 102 valence electrons. The van der Waals surface area contributed by atoms with E-state index in [1.54, 1.807) is 0 Å². The normalized spacial score (nSPS) is 26.6. The summed E-state index contributed by atoms with van der Waals surface area (Å²) >= 11 is 0. The standard InChI is InChI=1S/C15H31NO/c1-5-10-16-15(8-6-7-12(2)3)14-9-11-17-13(14)4/h12-16H,5-11H2,1-4H3. The highest BCUT2D eigenvalue weighted by molar-refractivity contribution is 4.84. The van der Waals surface area contributed by atoms with Gasteiger partial charge in [0.05, 0.1) is 6.10 Å². The van der Waals surface area contributed by atoms with Crippen LogP contribution in [0.25, 0.3) is 0 Å². The third-order valence-electron chi connectivity index (χ3n) is 3.90. The number of rotatable bonds is 8. The van der Waals surface area contributed by atoms with Crippen LogP contribution >= 0.6 is 0 Å². The van der Waals surface area contributed by atoms with Gasteiger partial charge in [0.15, 0.2) is 0 Å². The number of nitrogens with one attached hydrogen (secondary N) is 1. The summed E-state index contributed by atoms with van der Waals surface area (Å²) in [5, 5.41) is 3.74. The first-order valence-corrected chi connectivity index (χ1v) is 7.50. The van der Waals surface area contributed by atoms with Crippen molar-refractivity contribution in [1.29, 1.82) is 0 Å². The summed E-state index contributed by atoms with van der Waals surface area (Å²) in [6, 6.07) is 0.672. The fourth-order valence-corrected chi connectivity index (χ4v) is 2.82. The van der Waals surface area contributed by atoms with Gasteiger partial charge in [0, 0.05) is 18.6 Å². The molecule has 2 heteroatoms. The summed E-state index contributed by atoms with van der Waals surface area (Å²) in [7, 11) is 0. The van der Waals surface area contributed by atoms with E-state index in [0.29, 0.717) is 12.1 Å². The SMILES string of the molecule is CCCNC(CCCC(C)C)C1CCOC1C. The van der Waals surface area contributed by atoms with Gasteiger partial charge in [0.1, 0.15) is 0 Å². The summed E-state index contributed by atoms with van der Waals surface area (Å²) < 4.78 is 5.71. The second kappa shape index (κ2) is 8.10. The second-order valence-corrected chi connectivity index (χ2v) is 5.91. The number of hydrogen-bond acceptors (Lipinski definition) is 2. The molecule has 1 fully saturated rings. The largest absolute Gasteiger partial charge is 0.378 e. The summed E-state index contributed by atoms with van der Waals surface area (Å²) in [6.07, 6.45) is 6.93. The smallest absolute Gasteiger partial charge is 0.0590 e. The first-order valence-electron chi connectivity index (χ1n) is 7.50. The molecule has 3 atom stereocenters. The van der Waals surface area contributed by atoms with Crippen molar-refractivity contribution in [2.45, 2.75) is 71.9 Å². The molecule has 1 saturated heterocycles. The lowest BCUT2D eigenvalue weighted by Gasteiger charge is -2.27. The molecule has 0 aromatic heterocycles. The van der Waals surface area contributed by atoms with Crippen LogP contribution < -0.4 is 5.32 Å². The topological polar surface area (TPSA) is 21.3 Å². The molecule has 0 aromatic carbocycles. The third kappa shape index (κ3) is 5.39. The molecule has 2 nitrogen and oxygen atoms in total. The van der Waals surface area contributed by atoms with Gasteiger partial charge in [-0.25, -0.2) is 0 Å². The van der Waals surface area contributed by atoms with Crippen molar-refractivity contribution in [3.63, 3.8) is 0 Å². The highest BCUT2D eigenvalue weighted by atomic mass is 16.5. The van der Waals surface area contributed by atoms with Crippen molar-refractivity contribution >= 4 is 0 Å². The van der Waals surface area contributed by atoms with E-state index in [2.05, 4.69) is 33.0 Å². The van der Waals surface area contributed by atoms with E-state index < -0.39 is 0 Å². The van der Waals surface area contributed by atoms with Gasteiger partial charge in [-0.1, -0.05) is 33.6 Å². The van der Waals surface area contributed by atoms with Crippen molar-refractivity contribution in [3.8, 4) is 0 Å². The van der Waals surface area contributed by atoms with Gasteiger partial charge in [-0.3, -0.25) is 0 Å². The van der Waals surface area contributed by atoms with Crippen molar-refractivity contribution in [3.05, 3.63) is 0 Å². The molecule has 0 aromatic rings. The van der Waals surface area contributed by atoms with Gasteiger partial charge >= 0.3 is 0 Å². The zero-order chi connectivity index (χ0) is 12.7. The average Bonchev–Trinajstić information content (AvgIpc) is 2.69. The minimum absolute atomic E-state index is 0.448. The van der Waals surface area contributed by atoms with Crippen LogP contribution in [-0.2, 0) is 4.74 Å². The zero-order valence-corrected chi connectivity index (χ0v) is 12.2. The molecule has 0 aliphatic carbocycles. The second-order valence-electron chi connectivity index (χ2n) is 5.91. The maximum atomic E-state index is 5.71. The summed E-state index contributed by atoms with van der Waals surface area (Å²) in [5.41, 5.74) is 0. The Bertz CT molecular complexity index is 193. The Morgan fingerprint density at radius 1 is 1.29 bits per heavy atom. The Kier molecular flexibility index (Phi) is 7.14. The Balaban J connectivity index is 2.36. The van der Waals surface area contributed by atoms with Crippen LogP contribution in [0.2, 0.25) is 0 Å². The van der Waals surface area contributed by atoms with Gasteiger partial charge in [-0.2, -0.15) is 0 Å². The van der Waals surface area contributed by atoms with E-state index in [9.17, 15) is 0 Å². The number of hydrogen-bond donors (Lipinski definition) is 1. The van der Waals surface area contributed by atoms with Crippen LogP contribution in [0, 0.1) is 11.8 Å². The molecule has 0 spiro atoms. The zero-order valence-electron chi connectivity index (χ0n) is 12.2. The molecular weight excluding hydrogens is 210 g/mol. The first-order chi connectivity index (χ1) is 8.15. The van der Waals surface area contributed by atoms with E-state index in [1.807, 2.05) is 0 Å². The molecule has 1 aliphatic rings. The molecule has 1 rings (SSSR count). The Labute approximate surface area is 108 Å². The lowest BCUT2D eigenvalue weighted by Crippen LogP contribution is -2.39. The number of ether oxygens (including phenoxy) is 1. The van der Waals surface area contributed by atoms with Crippen LogP contribution in [0.5, 0.6) is 0 Å². The lowest BCUT2D eigenvalue weighted by atomic mass is 9.89. The molecule has 1 N–H and O–H groups in total. The maximum Gasteiger partial charge on any atom is 0.0590 e. The summed E-state index contributed by atoms with van der Waals surface area (Å²) in [6.45, 7) is 11.2. The maximum absolute atomic E-state index is 5.71. The van der Waals surface area contributed by atoms with Crippen molar-refractivity contribution in [1.82, 2.24) is 5.32 Å². The van der Waals surface area contributed by atoms with E-state index in [-0.39, 0.29) is 0 Å². The van der Waals surface area contributed by atoms with E-state index in [1.165, 1.54) is 32.1 Å².